The number of nitrogens with zero attached hydrogens (tertiary/aromatic N) is 1. The molecule has 0 saturated heterocycles. The molecule has 1 atom stereocenters. The van der Waals surface area contributed by atoms with Gasteiger partial charge >= 0.3 is 5.97 Å². The molecule has 0 bridgehead atoms. The predicted molar refractivity (Wildman–Crippen MR) is 79.0 cm³/mol. The van der Waals surface area contributed by atoms with Gasteiger partial charge in [-0.25, -0.2) is 4.39 Å². The van der Waals surface area contributed by atoms with Gasteiger partial charge in [-0.2, -0.15) is 0 Å². The Kier molecular flexibility index (Phi) is 4.60. The lowest BCUT2D eigenvalue weighted by molar-refractivity contribution is -0.137. The van der Waals surface area contributed by atoms with Crippen LogP contribution in [0.5, 0.6) is 0 Å². The van der Waals surface area contributed by atoms with Crippen molar-refractivity contribution in [3.8, 4) is 0 Å². The second-order valence-electron chi connectivity index (χ2n) is 5.09. The Hall–Kier alpha value is -2.63. The Morgan fingerprint density at radius 3 is 2.36 bits per heavy atom. The van der Waals surface area contributed by atoms with E-state index in [1.54, 1.807) is 23.7 Å². The number of amides is 1. The molecule has 1 aromatic carbocycles. The fourth-order valence-electron chi connectivity index (χ4n) is 2.20. The molecule has 0 spiro atoms. The first-order valence-corrected chi connectivity index (χ1v) is 6.79. The normalized spacial score (nSPS) is 12.0. The number of halogens is 1. The van der Waals surface area contributed by atoms with Crippen LogP contribution < -0.4 is 5.32 Å². The Morgan fingerprint density at radius 2 is 1.86 bits per heavy atom. The molecule has 22 heavy (non-hydrogen) atoms. The molecule has 0 radical (unpaired) electrons. The van der Waals surface area contributed by atoms with Gasteiger partial charge in [0.1, 0.15) is 11.5 Å². The van der Waals surface area contributed by atoms with Gasteiger partial charge in [-0.05, 0) is 36.8 Å². The van der Waals surface area contributed by atoms with Crippen molar-refractivity contribution in [2.45, 2.75) is 19.4 Å². The summed E-state index contributed by atoms with van der Waals surface area (Å²) in [6, 6.07) is 8.18. The van der Waals surface area contributed by atoms with Gasteiger partial charge in [0.15, 0.2) is 0 Å². The van der Waals surface area contributed by atoms with Gasteiger partial charge in [-0.1, -0.05) is 12.1 Å². The van der Waals surface area contributed by atoms with E-state index in [4.69, 9.17) is 5.11 Å². The molecule has 0 saturated carbocycles. The van der Waals surface area contributed by atoms with Gasteiger partial charge < -0.3 is 15.0 Å². The second kappa shape index (κ2) is 6.43. The fraction of sp³-hybridized carbons (Fsp3) is 0.250. The van der Waals surface area contributed by atoms with Crippen LogP contribution in [0, 0.1) is 12.7 Å². The Morgan fingerprint density at radius 1 is 1.23 bits per heavy atom. The molecule has 1 heterocycles. The third-order valence-electron chi connectivity index (χ3n) is 3.56. The monoisotopic (exact) mass is 304 g/mol. The minimum absolute atomic E-state index is 0.277. The fourth-order valence-corrected chi connectivity index (χ4v) is 2.20. The number of rotatable bonds is 5. The summed E-state index contributed by atoms with van der Waals surface area (Å²) in [5.41, 5.74) is 1.90. The van der Waals surface area contributed by atoms with Crippen molar-refractivity contribution in [1.29, 1.82) is 0 Å². The molecule has 2 aromatic rings. The topological polar surface area (TPSA) is 71.3 Å². The Labute approximate surface area is 127 Å². The van der Waals surface area contributed by atoms with Crippen LogP contribution in [0.4, 0.5) is 4.39 Å². The van der Waals surface area contributed by atoms with Crippen LogP contribution in [0.1, 0.15) is 34.2 Å². The van der Waals surface area contributed by atoms with Crippen molar-refractivity contribution < 1.29 is 19.1 Å². The number of carboxylic acid groups (broad SMARTS) is 1. The highest BCUT2D eigenvalue weighted by molar-refractivity contribution is 5.93. The van der Waals surface area contributed by atoms with Crippen molar-refractivity contribution in [2.24, 2.45) is 7.05 Å². The molecule has 0 fully saturated rings. The van der Waals surface area contributed by atoms with Gasteiger partial charge in [0.2, 0.25) is 0 Å². The third kappa shape index (κ3) is 3.52. The first-order valence-electron chi connectivity index (χ1n) is 6.79. The maximum atomic E-state index is 13.0. The van der Waals surface area contributed by atoms with E-state index in [9.17, 15) is 14.0 Å². The molecular weight excluding hydrogens is 287 g/mol. The first kappa shape index (κ1) is 15.8. The highest BCUT2D eigenvalue weighted by Gasteiger charge is 2.20. The van der Waals surface area contributed by atoms with Crippen LogP contribution in [-0.4, -0.2) is 21.6 Å². The van der Waals surface area contributed by atoms with Crippen LogP contribution in [0.2, 0.25) is 0 Å². The van der Waals surface area contributed by atoms with Gasteiger partial charge in [0.25, 0.3) is 5.91 Å². The molecule has 0 aliphatic carbocycles. The molecule has 1 unspecified atom stereocenters. The standard InChI is InChI=1S/C16H17FN2O3/c1-10-3-8-14(19(10)2)16(22)18-13(9-15(20)21)11-4-6-12(17)7-5-11/h3-8,13H,9H2,1-2H3,(H,18,22)(H,20,21). The maximum absolute atomic E-state index is 13.0. The summed E-state index contributed by atoms with van der Waals surface area (Å²) in [6.45, 7) is 1.87. The molecule has 116 valence electrons. The van der Waals surface area contributed by atoms with Crippen molar-refractivity contribution in [2.75, 3.05) is 0 Å². The lowest BCUT2D eigenvalue weighted by Gasteiger charge is -2.18. The van der Waals surface area contributed by atoms with Gasteiger partial charge in [-0.15, -0.1) is 0 Å². The average molecular weight is 304 g/mol. The van der Waals surface area contributed by atoms with Crippen molar-refractivity contribution in [3.05, 3.63) is 59.2 Å². The summed E-state index contributed by atoms with van der Waals surface area (Å²) in [5, 5.41) is 11.7. The zero-order chi connectivity index (χ0) is 16.3. The number of nitrogens with one attached hydrogen (secondary N) is 1. The molecule has 1 amide bonds. The predicted octanol–water partition coefficient (Wildman–Crippen LogP) is 2.42. The minimum atomic E-state index is -1.04. The van der Waals surface area contributed by atoms with Gasteiger partial charge in [0.05, 0.1) is 12.5 Å². The summed E-state index contributed by atoms with van der Waals surface area (Å²) >= 11 is 0. The number of benzene rings is 1. The highest BCUT2D eigenvalue weighted by Crippen LogP contribution is 2.18. The van der Waals surface area contributed by atoms with E-state index in [0.717, 1.165) is 5.69 Å². The summed E-state index contributed by atoms with van der Waals surface area (Å²) in [7, 11) is 1.76. The summed E-state index contributed by atoms with van der Waals surface area (Å²) < 4.78 is 14.7. The smallest absolute Gasteiger partial charge is 0.305 e. The summed E-state index contributed by atoms with van der Waals surface area (Å²) in [5.74, 6) is -1.83. The minimum Gasteiger partial charge on any atom is -0.481 e. The SMILES string of the molecule is Cc1ccc(C(=O)NC(CC(=O)O)c2ccc(F)cc2)n1C. The van der Waals surface area contributed by atoms with E-state index >= 15 is 0 Å². The van der Waals surface area contributed by atoms with Gasteiger partial charge in [0, 0.05) is 12.7 Å². The molecule has 5 nitrogen and oxygen atoms in total. The Balaban J connectivity index is 2.23. The van der Waals surface area contributed by atoms with Crippen LogP contribution in [0.15, 0.2) is 36.4 Å². The third-order valence-corrected chi connectivity index (χ3v) is 3.56. The molecule has 0 aliphatic heterocycles. The van der Waals surface area contributed by atoms with E-state index in [1.807, 2.05) is 6.92 Å². The summed E-state index contributed by atoms with van der Waals surface area (Å²) in [4.78, 5) is 23.3. The first-order chi connectivity index (χ1) is 10.4. The molecule has 6 heteroatoms. The number of aryl methyl sites for hydroxylation is 1. The second-order valence-corrected chi connectivity index (χ2v) is 5.09. The lowest BCUT2D eigenvalue weighted by Crippen LogP contribution is -2.31. The lowest BCUT2D eigenvalue weighted by atomic mass is 10.0. The van der Waals surface area contributed by atoms with Crippen LogP contribution in [0.25, 0.3) is 0 Å². The number of carboxylic acids is 1. The maximum Gasteiger partial charge on any atom is 0.305 e. The Bertz CT molecular complexity index is 692. The summed E-state index contributed by atoms with van der Waals surface area (Å²) in [6.07, 6.45) is -0.277. The number of carbonyl (C=O) groups excluding carboxylic acids is 1. The van der Waals surface area contributed by atoms with Crippen molar-refractivity contribution in [1.82, 2.24) is 9.88 Å². The zero-order valence-electron chi connectivity index (χ0n) is 12.3. The highest BCUT2D eigenvalue weighted by atomic mass is 19.1. The number of aromatic nitrogens is 1. The quantitative estimate of drug-likeness (QED) is 0.891. The van der Waals surface area contributed by atoms with E-state index in [0.29, 0.717) is 11.3 Å². The van der Waals surface area contributed by atoms with Crippen molar-refractivity contribution in [3.63, 3.8) is 0 Å². The average Bonchev–Trinajstić information content (AvgIpc) is 2.78. The molecular formula is C16H17FN2O3. The van der Waals surface area contributed by atoms with Crippen LogP contribution in [0.3, 0.4) is 0 Å². The number of hydrogen-bond donors (Lipinski definition) is 2. The van der Waals surface area contributed by atoms with Crippen molar-refractivity contribution >= 4 is 11.9 Å². The number of hydrogen-bond acceptors (Lipinski definition) is 2. The van der Waals surface area contributed by atoms with E-state index in [-0.39, 0.29) is 12.3 Å². The molecule has 2 N–H and O–H groups in total. The number of aliphatic carboxylic acids is 1. The van der Waals surface area contributed by atoms with Crippen LogP contribution in [-0.2, 0) is 11.8 Å². The number of carbonyl (C=O) groups is 2. The molecule has 1 aromatic heterocycles. The zero-order valence-corrected chi connectivity index (χ0v) is 12.3. The van der Waals surface area contributed by atoms with E-state index < -0.39 is 17.8 Å². The van der Waals surface area contributed by atoms with Crippen LogP contribution >= 0.6 is 0 Å². The largest absolute Gasteiger partial charge is 0.481 e. The molecule has 2 rings (SSSR count). The van der Waals surface area contributed by atoms with E-state index in [1.165, 1.54) is 24.3 Å². The molecule has 0 aliphatic rings. The van der Waals surface area contributed by atoms with Gasteiger partial charge in [-0.3, -0.25) is 9.59 Å². The van der Waals surface area contributed by atoms with E-state index in [2.05, 4.69) is 5.32 Å².